The standard InChI is InChI=1S/C20H29N5O/c1-6-16(11-9-13-25(22)14-18(21)20(3,4)5)23-19(26)24-17-12-8-7-10-15(17)2/h6-14H,1,21-22H2,2-5H3,(H2,23,24,26)/b13-9+,16-11+,18-14-. The molecule has 1 aromatic carbocycles. The number of amides is 2. The van der Waals surface area contributed by atoms with Gasteiger partial charge in [0.1, 0.15) is 0 Å². The van der Waals surface area contributed by atoms with E-state index in [4.69, 9.17) is 11.6 Å². The number of nitrogens with two attached hydrogens (primary N) is 2. The molecule has 0 aliphatic heterocycles. The fourth-order valence-electron chi connectivity index (χ4n) is 1.80. The molecule has 0 aliphatic carbocycles. The van der Waals surface area contributed by atoms with Crippen molar-refractivity contribution in [1.29, 1.82) is 0 Å². The lowest BCUT2D eigenvalue weighted by atomic mass is 9.93. The van der Waals surface area contributed by atoms with E-state index in [9.17, 15) is 4.79 Å². The lowest BCUT2D eigenvalue weighted by Gasteiger charge is -2.20. The van der Waals surface area contributed by atoms with Crippen LogP contribution in [0.25, 0.3) is 0 Å². The maximum atomic E-state index is 12.1. The smallest absolute Gasteiger partial charge is 0.323 e. The number of benzene rings is 1. The van der Waals surface area contributed by atoms with Gasteiger partial charge in [-0.15, -0.1) is 0 Å². The highest BCUT2D eigenvalue weighted by molar-refractivity contribution is 5.91. The van der Waals surface area contributed by atoms with Crippen LogP contribution < -0.4 is 22.2 Å². The molecular formula is C20H29N5O. The zero-order chi connectivity index (χ0) is 19.7. The van der Waals surface area contributed by atoms with Gasteiger partial charge in [-0.1, -0.05) is 45.5 Å². The Morgan fingerprint density at radius 1 is 1.27 bits per heavy atom. The van der Waals surface area contributed by atoms with Gasteiger partial charge in [-0.05, 0) is 36.8 Å². The van der Waals surface area contributed by atoms with E-state index in [-0.39, 0.29) is 11.4 Å². The first-order valence-electron chi connectivity index (χ1n) is 8.29. The number of hydrazine groups is 1. The van der Waals surface area contributed by atoms with Crippen LogP contribution in [0.2, 0.25) is 0 Å². The second kappa shape index (κ2) is 9.48. The highest BCUT2D eigenvalue weighted by Crippen LogP contribution is 2.20. The van der Waals surface area contributed by atoms with Crippen LogP contribution in [0.5, 0.6) is 0 Å². The fourth-order valence-corrected chi connectivity index (χ4v) is 1.80. The molecule has 0 fully saturated rings. The number of para-hydroxylation sites is 1. The highest BCUT2D eigenvalue weighted by atomic mass is 16.2. The molecule has 26 heavy (non-hydrogen) atoms. The minimum absolute atomic E-state index is 0.164. The number of hydrogen-bond donors (Lipinski definition) is 4. The zero-order valence-electron chi connectivity index (χ0n) is 15.9. The van der Waals surface area contributed by atoms with Crippen molar-refractivity contribution in [2.45, 2.75) is 27.7 Å². The zero-order valence-corrected chi connectivity index (χ0v) is 15.9. The van der Waals surface area contributed by atoms with Crippen molar-refractivity contribution in [2.75, 3.05) is 5.32 Å². The van der Waals surface area contributed by atoms with Crippen LogP contribution >= 0.6 is 0 Å². The summed E-state index contributed by atoms with van der Waals surface area (Å²) in [5, 5.41) is 6.88. The van der Waals surface area contributed by atoms with Gasteiger partial charge in [-0.25, -0.2) is 10.6 Å². The van der Waals surface area contributed by atoms with Crippen molar-refractivity contribution >= 4 is 11.7 Å². The van der Waals surface area contributed by atoms with Crippen LogP contribution in [0.1, 0.15) is 26.3 Å². The molecule has 0 aromatic heterocycles. The van der Waals surface area contributed by atoms with Crippen LogP contribution in [-0.4, -0.2) is 11.0 Å². The van der Waals surface area contributed by atoms with Crippen LogP contribution in [0.3, 0.4) is 0 Å². The lowest BCUT2D eigenvalue weighted by molar-refractivity contribution is 0.254. The average Bonchev–Trinajstić information content (AvgIpc) is 2.55. The molecular weight excluding hydrogens is 326 g/mol. The minimum atomic E-state index is -0.347. The van der Waals surface area contributed by atoms with E-state index in [1.54, 1.807) is 30.6 Å². The predicted molar refractivity (Wildman–Crippen MR) is 109 cm³/mol. The molecule has 0 spiro atoms. The van der Waals surface area contributed by atoms with Gasteiger partial charge in [0.2, 0.25) is 0 Å². The second-order valence-electron chi connectivity index (χ2n) is 6.84. The molecule has 0 aliphatic rings. The van der Waals surface area contributed by atoms with E-state index in [1.807, 2.05) is 52.0 Å². The molecule has 0 unspecified atom stereocenters. The molecule has 0 heterocycles. The Hall–Kier alpha value is -2.99. The summed E-state index contributed by atoms with van der Waals surface area (Å²) in [7, 11) is 0. The number of hydrogen-bond acceptors (Lipinski definition) is 4. The van der Waals surface area contributed by atoms with Crippen molar-refractivity contribution in [3.8, 4) is 0 Å². The van der Waals surface area contributed by atoms with Crippen molar-refractivity contribution in [2.24, 2.45) is 17.0 Å². The summed E-state index contributed by atoms with van der Waals surface area (Å²) in [6.07, 6.45) is 8.20. The van der Waals surface area contributed by atoms with E-state index in [0.717, 1.165) is 11.3 Å². The number of nitrogens with zero attached hydrogens (tertiary/aromatic N) is 1. The Kier molecular flexibility index (Phi) is 7.68. The third-order valence-electron chi connectivity index (χ3n) is 3.56. The van der Waals surface area contributed by atoms with Crippen molar-refractivity contribution in [3.63, 3.8) is 0 Å². The molecule has 2 amide bonds. The lowest BCUT2D eigenvalue weighted by Crippen LogP contribution is -2.27. The molecule has 6 heteroatoms. The van der Waals surface area contributed by atoms with Gasteiger partial charge in [-0.3, -0.25) is 5.01 Å². The number of allylic oxidation sites excluding steroid dienone is 4. The molecule has 1 aromatic rings. The first-order chi connectivity index (χ1) is 12.1. The summed E-state index contributed by atoms with van der Waals surface area (Å²) in [5.74, 6) is 5.85. The molecule has 6 N–H and O–H groups in total. The molecule has 0 saturated heterocycles. The number of nitrogens with one attached hydrogen (secondary N) is 2. The van der Waals surface area contributed by atoms with E-state index in [0.29, 0.717) is 11.4 Å². The van der Waals surface area contributed by atoms with Gasteiger partial charge >= 0.3 is 6.03 Å². The maximum Gasteiger partial charge on any atom is 0.323 e. The number of anilines is 1. The Morgan fingerprint density at radius 2 is 1.92 bits per heavy atom. The Labute approximate surface area is 155 Å². The number of carbonyl (C=O) groups excluding carboxylic acids is 1. The Morgan fingerprint density at radius 3 is 2.50 bits per heavy atom. The van der Waals surface area contributed by atoms with Gasteiger partial charge in [0.15, 0.2) is 0 Å². The van der Waals surface area contributed by atoms with Crippen molar-refractivity contribution < 1.29 is 4.79 Å². The largest absolute Gasteiger partial charge is 0.400 e. The average molecular weight is 355 g/mol. The monoisotopic (exact) mass is 355 g/mol. The minimum Gasteiger partial charge on any atom is -0.400 e. The summed E-state index contributed by atoms with van der Waals surface area (Å²) in [6.45, 7) is 11.6. The third-order valence-corrected chi connectivity index (χ3v) is 3.56. The van der Waals surface area contributed by atoms with Gasteiger partial charge in [0, 0.05) is 34.9 Å². The van der Waals surface area contributed by atoms with Crippen LogP contribution in [0, 0.1) is 12.3 Å². The van der Waals surface area contributed by atoms with Crippen LogP contribution in [0.15, 0.2) is 72.9 Å². The van der Waals surface area contributed by atoms with Crippen LogP contribution in [-0.2, 0) is 0 Å². The molecule has 6 nitrogen and oxygen atoms in total. The number of rotatable bonds is 6. The van der Waals surface area contributed by atoms with Gasteiger partial charge in [0.05, 0.1) is 0 Å². The van der Waals surface area contributed by atoms with Crippen molar-refractivity contribution in [1.82, 2.24) is 10.3 Å². The Balaban J connectivity index is 2.69. The van der Waals surface area contributed by atoms with E-state index >= 15 is 0 Å². The second-order valence-corrected chi connectivity index (χ2v) is 6.84. The molecule has 0 radical (unpaired) electrons. The number of urea groups is 1. The summed E-state index contributed by atoms with van der Waals surface area (Å²) in [6, 6.07) is 7.19. The van der Waals surface area contributed by atoms with E-state index in [1.165, 1.54) is 5.01 Å². The van der Waals surface area contributed by atoms with Crippen LogP contribution in [0.4, 0.5) is 10.5 Å². The number of aryl methyl sites for hydroxylation is 1. The summed E-state index contributed by atoms with van der Waals surface area (Å²) in [4.78, 5) is 12.1. The quantitative estimate of drug-likeness (QED) is 0.355. The third kappa shape index (κ3) is 7.27. The SMILES string of the molecule is C=C/C(=C\C=C\N(N)/C=C(\N)C(C)(C)C)NC(=O)Nc1ccccc1C. The molecule has 1 rings (SSSR count). The van der Waals surface area contributed by atoms with Gasteiger partial charge < -0.3 is 16.4 Å². The van der Waals surface area contributed by atoms with E-state index in [2.05, 4.69) is 17.2 Å². The molecule has 0 bridgehead atoms. The molecule has 0 saturated carbocycles. The number of carbonyl (C=O) groups is 1. The predicted octanol–water partition coefficient (Wildman–Crippen LogP) is 3.72. The summed E-state index contributed by atoms with van der Waals surface area (Å²) < 4.78 is 0. The van der Waals surface area contributed by atoms with Gasteiger partial charge in [0.25, 0.3) is 0 Å². The van der Waals surface area contributed by atoms with Crippen molar-refractivity contribution in [3.05, 3.63) is 78.4 Å². The maximum absolute atomic E-state index is 12.1. The topological polar surface area (TPSA) is 96.4 Å². The summed E-state index contributed by atoms with van der Waals surface area (Å²) >= 11 is 0. The Bertz CT molecular complexity index is 726. The fraction of sp³-hybridized carbons (Fsp3) is 0.250. The molecule has 140 valence electrons. The van der Waals surface area contributed by atoms with Gasteiger partial charge in [-0.2, -0.15) is 0 Å². The molecule has 0 atom stereocenters. The highest BCUT2D eigenvalue weighted by Gasteiger charge is 2.13. The van der Waals surface area contributed by atoms with E-state index < -0.39 is 0 Å². The first kappa shape index (κ1) is 21.1. The normalized spacial score (nSPS) is 12.8. The summed E-state index contributed by atoms with van der Waals surface area (Å²) in [5.41, 5.74) is 8.73. The first-order valence-corrected chi connectivity index (χ1v) is 8.29.